The molecule has 0 atom stereocenters. The predicted molar refractivity (Wildman–Crippen MR) is 57.4 cm³/mol. The molecular formula is C11H16N2. The minimum atomic E-state index is 0.914. The highest BCUT2D eigenvalue weighted by molar-refractivity contribution is 5.34. The van der Waals surface area contributed by atoms with Crippen LogP contribution in [-0.4, -0.2) is 9.97 Å². The molecule has 0 bridgehead atoms. The minimum Gasteiger partial charge on any atom is -0.244 e. The van der Waals surface area contributed by atoms with Crippen molar-refractivity contribution in [2.24, 2.45) is 0 Å². The largest absolute Gasteiger partial charge is 0.244 e. The quantitative estimate of drug-likeness (QED) is 0.644. The molecule has 70 valence electrons. The van der Waals surface area contributed by atoms with Gasteiger partial charge in [-0.2, -0.15) is 0 Å². The van der Waals surface area contributed by atoms with Gasteiger partial charge in [-0.25, -0.2) is 9.97 Å². The summed E-state index contributed by atoms with van der Waals surface area (Å²) in [5, 5.41) is 1.95. The van der Waals surface area contributed by atoms with Crippen molar-refractivity contribution in [1.82, 2.24) is 9.97 Å². The second kappa shape index (κ2) is 7.22. The standard InChI is InChI=1S/C9H10N2.C2H6/c1-3-5-9-8(4-2)6-10-7-11-9;1-2/h3-7H,1H2,2H3;1-2H3/b8-4-,9-5+;. The Hall–Kier alpha value is -1.44. The summed E-state index contributed by atoms with van der Waals surface area (Å²) in [6.45, 7) is 9.56. The first kappa shape index (κ1) is 11.6. The molecule has 1 aromatic rings. The second-order valence-corrected chi connectivity index (χ2v) is 2.05. The monoisotopic (exact) mass is 176 g/mol. The van der Waals surface area contributed by atoms with Crippen molar-refractivity contribution in [3.63, 3.8) is 0 Å². The van der Waals surface area contributed by atoms with Gasteiger partial charge in [-0.3, -0.25) is 0 Å². The molecule has 0 aliphatic heterocycles. The molecule has 0 spiro atoms. The average molecular weight is 176 g/mol. The molecule has 2 heteroatoms. The maximum atomic E-state index is 4.07. The van der Waals surface area contributed by atoms with Gasteiger partial charge in [0.15, 0.2) is 0 Å². The normalized spacial score (nSPS) is 11.9. The molecule has 0 amide bonds. The zero-order valence-electron chi connectivity index (χ0n) is 8.49. The van der Waals surface area contributed by atoms with Crippen LogP contribution in [0.5, 0.6) is 0 Å². The SMILES string of the molecule is C=C/C=c1/ncnc/c1=C/C.CC. The number of nitrogens with zero attached hydrogens (tertiary/aromatic N) is 2. The predicted octanol–water partition coefficient (Wildman–Crippen LogP) is 1.27. The number of aromatic nitrogens is 2. The molecule has 2 nitrogen and oxygen atoms in total. The van der Waals surface area contributed by atoms with E-state index in [1.54, 1.807) is 12.3 Å². The van der Waals surface area contributed by atoms with Crippen LogP contribution in [0.25, 0.3) is 12.2 Å². The van der Waals surface area contributed by atoms with Gasteiger partial charge < -0.3 is 0 Å². The fraction of sp³-hybridized carbons (Fsp3) is 0.273. The topological polar surface area (TPSA) is 25.8 Å². The smallest absolute Gasteiger partial charge is 0.116 e. The fourth-order valence-corrected chi connectivity index (χ4v) is 0.823. The summed E-state index contributed by atoms with van der Waals surface area (Å²) in [5.74, 6) is 0. The van der Waals surface area contributed by atoms with E-state index < -0.39 is 0 Å². The van der Waals surface area contributed by atoms with Crippen LogP contribution in [0.4, 0.5) is 0 Å². The first-order chi connectivity index (χ1) is 6.38. The van der Waals surface area contributed by atoms with Crippen LogP contribution >= 0.6 is 0 Å². The lowest BCUT2D eigenvalue weighted by Gasteiger charge is -1.84. The van der Waals surface area contributed by atoms with Crippen LogP contribution in [0.15, 0.2) is 25.2 Å². The zero-order chi connectivity index (χ0) is 10.1. The van der Waals surface area contributed by atoms with Crippen molar-refractivity contribution in [2.45, 2.75) is 20.8 Å². The second-order valence-electron chi connectivity index (χ2n) is 2.05. The van der Waals surface area contributed by atoms with E-state index in [2.05, 4.69) is 16.5 Å². The number of hydrogen-bond donors (Lipinski definition) is 0. The van der Waals surface area contributed by atoms with Crippen molar-refractivity contribution in [2.75, 3.05) is 0 Å². The van der Waals surface area contributed by atoms with E-state index in [1.807, 2.05) is 32.9 Å². The Labute approximate surface area is 79.4 Å². The third-order valence-electron chi connectivity index (χ3n) is 1.36. The Morgan fingerprint density at radius 3 is 2.62 bits per heavy atom. The van der Waals surface area contributed by atoms with Gasteiger partial charge in [0.1, 0.15) is 6.33 Å². The zero-order valence-corrected chi connectivity index (χ0v) is 8.49. The Balaban J connectivity index is 0.000000671. The van der Waals surface area contributed by atoms with Gasteiger partial charge in [0, 0.05) is 11.4 Å². The lowest BCUT2D eigenvalue weighted by Crippen LogP contribution is -2.27. The Kier molecular flexibility index (Phi) is 6.42. The fourth-order valence-electron chi connectivity index (χ4n) is 0.823. The maximum absolute atomic E-state index is 4.07. The van der Waals surface area contributed by atoms with Gasteiger partial charge in [0.05, 0.1) is 5.35 Å². The van der Waals surface area contributed by atoms with E-state index in [9.17, 15) is 0 Å². The van der Waals surface area contributed by atoms with Crippen LogP contribution < -0.4 is 10.6 Å². The van der Waals surface area contributed by atoms with Gasteiger partial charge in [-0.05, 0) is 13.0 Å². The average Bonchev–Trinajstić information content (AvgIpc) is 2.22. The van der Waals surface area contributed by atoms with E-state index in [-0.39, 0.29) is 0 Å². The maximum Gasteiger partial charge on any atom is 0.116 e. The molecule has 0 N–H and O–H groups in total. The van der Waals surface area contributed by atoms with Gasteiger partial charge in [0.2, 0.25) is 0 Å². The van der Waals surface area contributed by atoms with E-state index in [4.69, 9.17) is 0 Å². The lowest BCUT2D eigenvalue weighted by atomic mass is 10.3. The number of hydrogen-bond acceptors (Lipinski definition) is 2. The van der Waals surface area contributed by atoms with Gasteiger partial charge in [0.25, 0.3) is 0 Å². The van der Waals surface area contributed by atoms with Crippen molar-refractivity contribution in [3.05, 3.63) is 35.7 Å². The van der Waals surface area contributed by atoms with Crippen molar-refractivity contribution < 1.29 is 0 Å². The summed E-state index contributed by atoms with van der Waals surface area (Å²) in [5.41, 5.74) is 0. The van der Waals surface area contributed by atoms with Crippen LogP contribution in [0.3, 0.4) is 0 Å². The molecule has 0 radical (unpaired) electrons. The molecule has 1 aromatic heterocycles. The van der Waals surface area contributed by atoms with E-state index in [0.29, 0.717) is 0 Å². The Bertz CT molecular complexity index is 353. The molecule has 0 saturated carbocycles. The van der Waals surface area contributed by atoms with Crippen LogP contribution in [0.2, 0.25) is 0 Å². The Morgan fingerprint density at radius 1 is 1.38 bits per heavy atom. The van der Waals surface area contributed by atoms with E-state index in [0.717, 1.165) is 10.6 Å². The summed E-state index contributed by atoms with van der Waals surface area (Å²) in [6.07, 6.45) is 8.85. The molecule has 0 aromatic carbocycles. The summed E-state index contributed by atoms with van der Waals surface area (Å²) in [4.78, 5) is 7.97. The number of rotatable bonds is 1. The molecule has 1 heterocycles. The highest BCUT2D eigenvalue weighted by Gasteiger charge is 1.80. The van der Waals surface area contributed by atoms with Gasteiger partial charge in [-0.1, -0.05) is 32.6 Å². The lowest BCUT2D eigenvalue weighted by molar-refractivity contribution is 1.10. The molecule has 0 aliphatic rings. The van der Waals surface area contributed by atoms with E-state index in [1.165, 1.54) is 6.33 Å². The molecule has 13 heavy (non-hydrogen) atoms. The molecule has 0 aliphatic carbocycles. The first-order valence-corrected chi connectivity index (χ1v) is 4.43. The summed E-state index contributed by atoms with van der Waals surface area (Å²) in [6, 6.07) is 0. The van der Waals surface area contributed by atoms with Crippen molar-refractivity contribution >= 4 is 12.2 Å². The van der Waals surface area contributed by atoms with E-state index >= 15 is 0 Å². The molecule has 0 unspecified atom stereocenters. The Morgan fingerprint density at radius 2 is 2.08 bits per heavy atom. The highest BCUT2D eigenvalue weighted by Crippen LogP contribution is 1.63. The van der Waals surface area contributed by atoms with Gasteiger partial charge >= 0.3 is 0 Å². The van der Waals surface area contributed by atoms with Crippen LogP contribution in [-0.2, 0) is 0 Å². The summed E-state index contributed by atoms with van der Waals surface area (Å²) >= 11 is 0. The molecule has 0 fully saturated rings. The van der Waals surface area contributed by atoms with Crippen LogP contribution in [0, 0.1) is 0 Å². The van der Waals surface area contributed by atoms with Crippen LogP contribution in [0.1, 0.15) is 20.8 Å². The summed E-state index contributed by atoms with van der Waals surface area (Å²) in [7, 11) is 0. The highest BCUT2D eigenvalue weighted by atomic mass is 14.8. The molecule has 1 rings (SSSR count). The number of allylic oxidation sites excluding steroid dienone is 1. The first-order valence-electron chi connectivity index (χ1n) is 4.43. The molecule has 0 saturated heterocycles. The van der Waals surface area contributed by atoms with Crippen molar-refractivity contribution in [1.29, 1.82) is 0 Å². The third-order valence-corrected chi connectivity index (χ3v) is 1.36. The van der Waals surface area contributed by atoms with Crippen molar-refractivity contribution in [3.8, 4) is 0 Å². The summed E-state index contributed by atoms with van der Waals surface area (Å²) < 4.78 is 0. The molecular weight excluding hydrogens is 160 g/mol. The third kappa shape index (κ3) is 3.65. The minimum absolute atomic E-state index is 0.914. The van der Waals surface area contributed by atoms with Gasteiger partial charge in [-0.15, -0.1) is 0 Å².